The van der Waals surface area contributed by atoms with Crippen molar-refractivity contribution in [3.63, 3.8) is 0 Å². The van der Waals surface area contributed by atoms with Crippen LogP contribution in [0.2, 0.25) is 5.02 Å². The molecule has 7 nitrogen and oxygen atoms in total. The van der Waals surface area contributed by atoms with Crippen LogP contribution in [0.25, 0.3) is 0 Å². The zero-order chi connectivity index (χ0) is 25.4. The van der Waals surface area contributed by atoms with Crippen molar-refractivity contribution >= 4 is 29.1 Å². The number of carbonyl (C=O) groups is 2. The van der Waals surface area contributed by atoms with E-state index in [-0.39, 0.29) is 18.8 Å². The molecule has 1 aliphatic heterocycles. The van der Waals surface area contributed by atoms with Crippen molar-refractivity contribution in [2.24, 2.45) is 0 Å². The summed E-state index contributed by atoms with van der Waals surface area (Å²) in [6.07, 6.45) is 1.43. The van der Waals surface area contributed by atoms with E-state index in [2.05, 4.69) is 5.32 Å². The first-order valence-electron chi connectivity index (χ1n) is 10.6. The fourth-order valence-corrected chi connectivity index (χ4v) is 4.31. The minimum Gasteiger partial charge on any atom is -0.503 e. The molecule has 0 unspecified atom stereocenters. The lowest BCUT2D eigenvalue weighted by atomic mass is 10.0. The molecule has 0 bridgehead atoms. The number of rotatable bonds is 4. The van der Waals surface area contributed by atoms with E-state index >= 15 is 0 Å². The monoisotopic (exact) mass is 505 g/mol. The Morgan fingerprint density at radius 1 is 1.17 bits per heavy atom. The Morgan fingerprint density at radius 2 is 1.86 bits per heavy atom. The first-order chi connectivity index (χ1) is 16.6. The van der Waals surface area contributed by atoms with Gasteiger partial charge in [0.1, 0.15) is 23.0 Å². The number of halogens is 4. The molecule has 11 heteroatoms. The van der Waals surface area contributed by atoms with E-state index in [1.807, 2.05) is 0 Å². The third kappa shape index (κ3) is 4.37. The maximum Gasteiger partial charge on any atom is 0.278 e. The van der Waals surface area contributed by atoms with Gasteiger partial charge in [0.2, 0.25) is 5.43 Å². The number of nitrogens with zero attached hydrogens (tertiary/aromatic N) is 2. The molecule has 0 atom stereocenters. The highest BCUT2D eigenvalue weighted by Crippen LogP contribution is 2.32. The second-order valence-corrected chi connectivity index (χ2v) is 8.24. The van der Waals surface area contributed by atoms with Gasteiger partial charge in [-0.2, -0.15) is 0 Å². The summed E-state index contributed by atoms with van der Waals surface area (Å²) in [6.45, 7) is 1.37. The molecule has 182 valence electrons. The number of hydrogen-bond acceptors (Lipinski definition) is 4. The van der Waals surface area contributed by atoms with Crippen molar-refractivity contribution in [1.29, 1.82) is 0 Å². The van der Waals surface area contributed by atoms with Gasteiger partial charge in [0.25, 0.3) is 11.8 Å². The lowest BCUT2D eigenvalue weighted by Gasteiger charge is -2.29. The minimum atomic E-state index is -1.21. The molecule has 2 heterocycles. The molecular weight excluding hydrogens is 487 g/mol. The third-order valence-electron chi connectivity index (χ3n) is 5.78. The van der Waals surface area contributed by atoms with E-state index in [0.717, 1.165) is 6.20 Å². The van der Waals surface area contributed by atoms with E-state index in [1.54, 1.807) is 25.1 Å². The summed E-state index contributed by atoms with van der Waals surface area (Å²) in [6, 6.07) is 6.00. The quantitative estimate of drug-likeness (QED) is 0.564. The molecule has 2 amide bonds. The van der Waals surface area contributed by atoms with Gasteiger partial charge < -0.3 is 19.9 Å². The SMILES string of the molecule is CCN1C(=O)c2c(O)c(=O)c(C(=O)NCc3c(F)cc(F)cc3F)cn2CCc2c(Cl)cccc21. The Morgan fingerprint density at radius 3 is 2.51 bits per heavy atom. The first kappa shape index (κ1) is 24.3. The average molecular weight is 506 g/mol. The van der Waals surface area contributed by atoms with Gasteiger partial charge in [-0.05, 0) is 31.0 Å². The van der Waals surface area contributed by atoms with Gasteiger partial charge >= 0.3 is 0 Å². The van der Waals surface area contributed by atoms with Gasteiger partial charge in [-0.1, -0.05) is 17.7 Å². The molecule has 35 heavy (non-hydrogen) atoms. The molecule has 1 aliphatic rings. The maximum absolute atomic E-state index is 13.9. The van der Waals surface area contributed by atoms with Crippen LogP contribution in [-0.4, -0.2) is 28.0 Å². The number of anilines is 1. The summed E-state index contributed by atoms with van der Waals surface area (Å²) in [5.41, 5.74) is -1.32. The molecule has 0 spiro atoms. The minimum absolute atomic E-state index is 0.102. The normalized spacial score (nSPS) is 13.1. The van der Waals surface area contributed by atoms with Crippen LogP contribution >= 0.6 is 11.6 Å². The van der Waals surface area contributed by atoms with Gasteiger partial charge in [-0.3, -0.25) is 14.4 Å². The predicted octanol–water partition coefficient (Wildman–Crippen LogP) is 3.78. The van der Waals surface area contributed by atoms with Gasteiger partial charge in [0, 0.05) is 54.2 Å². The van der Waals surface area contributed by atoms with Crippen molar-refractivity contribution in [3.8, 4) is 5.75 Å². The number of carbonyl (C=O) groups excluding carboxylic acids is 2. The highest BCUT2D eigenvalue weighted by Gasteiger charge is 2.30. The molecule has 0 saturated carbocycles. The molecule has 4 rings (SSSR count). The van der Waals surface area contributed by atoms with Crippen LogP contribution in [0.15, 0.2) is 41.3 Å². The summed E-state index contributed by atoms with van der Waals surface area (Å²) in [7, 11) is 0. The maximum atomic E-state index is 13.9. The van der Waals surface area contributed by atoms with Crippen LogP contribution in [0.5, 0.6) is 5.75 Å². The number of amides is 2. The highest BCUT2D eigenvalue weighted by molar-refractivity contribution is 6.32. The molecule has 0 aliphatic carbocycles. The number of nitrogens with one attached hydrogen (secondary N) is 1. The zero-order valence-corrected chi connectivity index (χ0v) is 19.1. The van der Waals surface area contributed by atoms with E-state index in [4.69, 9.17) is 11.6 Å². The van der Waals surface area contributed by atoms with Crippen LogP contribution in [0.1, 0.15) is 38.9 Å². The Labute approximate surface area is 202 Å². The van der Waals surface area contributed by atoms with Crippen molar-refractivity contribution in [2.45, 2.75) is 26.4 Å². The van der Waals surface area contributed by atoms with Gasteiger partial charge in [-0.15, -0.1) is 0 Å². The molecule has 1 aromatic heterocycles. The van der Waals surface area contributed by atoms with Gasteiger partial charge in [-0.25, -0.2) is 13.2 Å². The molecular formula is C24H19ClF3N3O4. The predicted molar refractivity (Wildman–Crippen MR) is 122 cm³/mol. The standard InChI is InChI=1S/C24H19ClF3N3O4/c1-2-31-19-5-3-4-16(25)13(19)6-7-30-11-15(21(32)22(33)20(30)24(31)35)23(34)29-10-14-17(27)8-12(26)9-18(14)28/h3-5,8-9,11,33H,2,6-7,10H2,1H3,(H,29,34). The summed E-state index contributed by atoms with van der Waals surface area (Å²) in [5, 5.41) is 13.3. The molecule has 0 fully saturated rings. The van der Waals surface area contributed by atoms with Gasteiger partial charge in [0.05, 0.1) is 0 Å². The summed E-state index contributed by atoms with van der Waals surface area (Å²) in [5.74, 6) is -6.16. The van der Waals surface area contributed by atoms with Crippen LogP contribution in [0.4, 0.5) is 18.9 Å². The second-order valence-electron chi connectivity index (χ2n) is 7.83. The molecule has 0 saturated heterocycles. The smallest absolute Gasteiger partial charge is 0.278 e. The van der Waals surface area contributed by atoms with Crippen molar-refractivity contribution in [2.75, 3.05) is 11.4 Å². The summed E-state index contributed by atoms with van der Waals surface area (Å²) < 4.78 is 42.2. The zero-order valence-electron chi connectivity index (χ0n) is 18.4. The van der Waals surface area contributed by atoms with Crippen LogP contribution in [-0.2, 0) is 19.5 Å². The Balaban J connectivity index is 1.71. The Hall–Kier alpha value is -3.79. The molecule has 2 aromatic carbocycles. The number of fused-ring (bicyclic) bond motifs is 2. The average Bonchev–Trinajstić information content (AvgIpc) is 2.79. The van der Waals surface area contributed by atoms with Crippen LogP contribution in [0, 0.1) is 17.5 Å². The fraction of sp³-hybridized carbons (Fsp3) is 0.208. The number of pyridine rings is 1. The second kappa shape index (κ2) is 9.46. The van der Waals surface area contributed by atoms with E-state index in [1.165, 1.54) is 9.47 Å². The molecule has 3 aromatic rings. The number of benzene rings is 2. The van der Waals surface area contributed by atoms with E-state index < -0.39 is 58.1 Å². The van der Waals surface area contributed by atoms with Crippen molar-refractivity contribution < 1.29 is 27.9 Å². The number of aromatic hydroxyl groups is 1. The van der Waals surface area contributed by atoms with Crippen LogP contribution in [0.3, 0.4) is 0 Å². The van der Waals surface area contributed by atoms with Crippen molar-refractivity contribution in [1.82, 2.24) is 9.88 Å². The summed E-state index contributed by atoms with van der Waals surface area (Å²) in [4.78, 5) is 40.2. The Bertz CT molecular complexity index is 1400. The lowest BCUT2D eigenvalue weighted by Crippen LogP contribution is -2.38. The van der Waals surface area contributed by atoms with Gasteiger partial charge in [0.15, 0.2) is 11.4 Å². The first-order valence-corrected chi connectivity index (χ1v) is 11.0. The van der Waals surface area contributed by atoms with Crippen molar-refractivity contribution in [3.05, 3.63) is 91.6 Å². The number of hydrogen-bond donors (Lipinski definition) is 2. The Kier molecular flexibility index (Phi) is 6.58. The third-order valence-corrected chi connectivity index (χ3v) is 6.14. The topological polar surface area (TPSA) is 91.6 Å². The van der Waals surface area contributed by atoms with E-state index in [0.29, 0.717) is 34.8 Å². The largest absolute Gasteiger partial charge is 0.503 e. The molecule has 0 radical (unpaired) electrons. The van der Waals surface area contributed by atoms with E-state index in [9.17, 15) is 32.7 Å². The highest BCUT2D eigenvalue weighted by atomic mass is 35.5. The summed E-state index contributed by atoms with van der Waals surface area (Å²) >= 11 is 6.34. The lowest BCUT2D eigenvalue weighted by molar-refractivity contribution is 0.0939. The molecule has 2 N–H and O–H groups in total. The number of aromatic nitrogens is 1. The fourth-order valence-electron chi connectivity index (χ4n) is 4.05. The van der Waals surface area contributed by atoms with Crippen LogP contribution < -0.4 is 15.6 Å². The number of aryl methyl sites for hydroxylation is 1.